The fourth-order valence-corrected chi connectivity index (χ4v) is 4.19. The maximum Gasteiger partial charge on any atom is 0.257 e. The van der Waals surface area contributed by atoms with Gasteiger partial charge >= 0.3 is 0 Å². The number of anilines is 2. The van der Waals surface area contributed by atoms with Gasteiger partial charge in [0, 0.05) is 37.9 Å². The van der Waals surface area contributed by atoms with Gasteiger partial charge in [-0.05, 0) is 25.3 Å². The minimum atomic E-state index is -0.644. The summed E-state index contributed by atoms with van der Waals surface area (Å²) in [7, 11) is 1.47. The number of halogens is 2. The number of nitrogens with zero attached hydrogens (tertiary/aromatic N) is 3. The zero-order valence-corrected chi connectivity index (χ0v) is 18.3. The number of nitrogens with one attached hydrogen (secondary N) is 2. The Bertz CT molecular complexity index is 1170. The largest absolute Gasteiger partial charge is 0.495 e. The van der Waals surface area contributed by atoms with Crippen molar-refractivity contribution in [3.63, 3.8) is 0 Å². The van der Waals surface area contributed by atoms with Crippen LogP contribution < -0.4 is 10.1 Å². The molecule has 2 aromatic heterocycles. The lowest BCUT2D eigenvalue weighted by atomic mass is 10.1. The molecule has 8 nitrogen and oxygen atoms in total. The van der Waals surface area contributed by atoms with Gasteiger partial charge in [0.05, 0.1) is 41.1 Å². The third-order valence-corrected chi connectivity index (χ3v) is 6.05. The quantitative estimate of drug-likeness (QED) is 0.592. The highest BCUT2D eigenvalue weighted by molar-refractivity contribution is 6.35. The van der Waals surface area contributed by atoms with Gasteiger partial charge in [-0.15, -0.1) is 0 Å². The first-order valence-corrected chi connectivity index (χ1v) is 11.0. The van der Waals surface area contributed by atoms with E-state index in [1.54, 1.807) is 11.1 Å². The van der Waals surface area contributed by atoms with Crippen molar-refractivity contribution in [2.45, 2.75) is 25.2 Å². The Hall–Kier alpha value is -2.91. The molecule has 3 aromatic rings. The van der Waals surface area contributed by atoms with Gasteiger partial charge < -0.3 is 24.7 Å². The summed E-state index contributed by atoms with van der Waals surface area (Å²) in [6.07, 6.45) is 4.49. The lowest BCUT2D eigenvalue weighted by Crippen LogP contribution is -2.33. The van der Waals surface area contributed by atoms with Crippen molar-refractivity contribution in [3.8, 4) is 5.75 Å². The molecule has 1 aliphatic heterocycles. The number of benzene rings is 1. The molecule has 0 atom stereocenters. The Kier molecular flexibility index (Phi) is 5.60. The van der Waals surface area contributed by atoms with Gasteiger partial charge in [0.1, 0.15) is 17.2 Å². The minimum Gasteiger partial charge on any atom is -0.495 e. The van der Waals surface area contributed by atoms with E-state index in [1.165, 1.54) is 19.2 Å². The Balaban J connectivity index is 1.47. The summed E-state index contributed by atoms with van der Waals surface area (Å²) in [6, 6.07) is 2.66. The van der Waals surface area contributed by atoms with Crippen LogP contribution in [0, 0.1) is 5.82 Å². The van der Waals surface area contributed by atoms with Gasteiger partial charge in [-0.1, -0.05) is 11.6 Å². The number of methoxy groups -OCH3 is 1. The first-order chi connectivity index (χ1) is 15.5. The molecule has 1 saturated heterocycles. The average molecular weight is 460 g/mol. The number of amides is 1. The van der Waals surface area contributed by atoms with E-state index in [4.69, 9.17) is 21.1 Å². The van der Waals surface area contributed by atoms with E-state index in [-0.39, 0.29) is 11.5 Å². The number of hydrogen-bond acceptors (Lipinski definition) is 6. The standard InChI is InChI=1S/C22H23ClFN5O3/c1-31-17-9-13(21(30)29-5-2-7-32-8-6-29)15(24)10-16(17)26-22-27-19(12-3-4-12)18-14(23)11-25-20(18)28-22/h9-12H,2-8H2,1H3,(H2,25,26,27,28). The first kappa shape index (κ1) is 21.0. The summed E-state index contributed by atoms with van der Waals surface area (Å²) < 4.78 is 25.8. The van der Waals surface area contributed by atoms with Crippen LogP contribution in [0.15, 0.2) is 18.3 Å². The topological polar surface area (TPSA) is 92.4 Å². The summed E-state index contributed by atoms with van der Waals surface area (Å²) in [5.74, 6) is -0.0607. The summed E-state index contributed by atoms with van der Waals surface area (Å²) >= 11 is 6.31. The highest BCUT2D eigenvalue weighted by Gasteiger charge is 2.30. The molecule has 2 fully saturated rings. The summed E-state index contributed by atoms with van der Waals surface area (Å²) in [5, 5.41) is 4.45. The lowest BCUT2D eigenvalue weighted by molar-refractivity contribution is 0.0736. The Labute approximate surface area is 189 Å². The predicted molar refractivity (Wildman–Crippen MR) is 118 cm³/mol. The molecule has 5 rings (SSSR count). The van der Waals surface area contributed by atoms with Crippen molar-refractivity contribution in [1.29, 1.82) is 0 Å². The van der Waals surface area contributed by atoms with Gasteiger partial charge in [-0.25, -0.2) is 9.37 Å². The van der Waals surface area contributed by atoms with Crippen LogP contribution in [0.25, 0.3) is 11.0 Å². The van der Waals surface area contributed by atoms with Crippen molar-refractivity contribution >= 4 is 40.2 Å². The van der Waals surface area contributed by atoms with Crippen LogP contribution in [0.4, 0.5) is 16.0 Å². The normalized spacial score (nSPS) is 16.8. The summed E-state index contributed by atoms with van der Waals surface area (Å²) in [5.41, 5.74) is 1.78. The molecule has 0 radical (unpaired) electrons. The number of hydrogen-bond donors (Lipinski definition) is 2. The van der Waals surface area contributed by atoms with Crippen molar-refractivity contribution in [2.24, 2.45) is 0 Å². The Morgan fingerprint density at radius 3 is 2.94 bits per heavy atom. The van der Waals surface area contributed by atoms with E-state index in [2.05, 4.69) is 20.3 Å². The van der Waals surface area contributed by atoms with Crippen molar-refractivity contribution < 1.29 is 18.7 Å². The summed E-state index contributed by atoms with van der Waals surface area (Å²) in [6.45, 7) is 1.99. The van der Waals surface area contributed by atoms with Crippen LogP contribution in [0.3, 0.4) is 0 Å². The molecule has 2 N–H and O–H groups in total. The number of H-pyrrole nitrogens is 1. The number of fused-ring (bicyclic) bond motifs is 1. The van der Waals surface area contributed by atoms with Crippen LogP contribution in [0.1, 0.15) is 41.2 Å². The van der Waals surface area contributed by atoms with Gasteiger partial charge in [-0.2, -0.15) is 4.98 Å². The number of aromatic amines is 1. The Morgan fingerprint density at radius 2 is 2.16 bits per heavy atom. The predicted octanol–water partition coefficient (Wildman–Crippen LogP) is 4.24. The number of ether oxygens (including phenoxy) is 2. The maximum absolute atomic E-state index is 15.0. The monoisotopic (exact) mass is 459 g/mol. The molecule has 0 bridgehead atoms. The molecule has 1 saturated carbocycles. The molecule has 0 unspecified atom stereocenters. The molecular formula is C22H23ClFN5O3. The maximum atomic E-state index is 15.0. The number of carbonyl (C=O) groups is 1. The molecule has 1 amide bonds. The zero-order valence-electron chi connectivity index (χ0n) is 17.6. The van der Waals surface area contributed by atoms with Crippen LogP contribution in [-0.4, -0.2) is 59.2 Å². The first-order valence-electron chi connectivity index (χ1n) is 10.6. The SMILES string of the molecule is COc1cc(C(=O)N2CCCOCC2)c(F)cc1Nc1nc(C2CC2)c2c(Cl)c[nH]c2n1. The second kappa shape index (κ2) is 8.55. The zero-order chi connectivity index (χ0) is 22.2. The number of carbonyl (C=O) groups excluding carboxylic acids is 1. The van der Waals surface area contributed by atoms with E-state index >= 15 is 4.39 Å². The van der Waals surface area contributed by atoms with Crippen molar-refractivity contribution in [3.05, 3.63) is 40.4 Å². The lowest BCUT2D eigenvalue weighted by Gasteiger charge is -2.21. The summed E-state index contributed by atoms with van der Waals surface area (Å²) in [4.78, 5) is 26.7. The van der Waals surface area contributed by atoms with Gasteiger partial charge in [0.25, 0.3) is 5.91 Å². The van der Waals surface area contributed by atoms with Crippen LogP contribution in [0.2, 0.25) is 5.02 Å². The average Bonchev–Trinajstić information content (AvgIpc) is 3.60. The molecule has 168 valence electrons. The minimum absolute atomic E-state index is 0.0412. The fourth-order valence-electron chi connectivity index (χ4n) is 3.95. The third-order valence-electron chi connectivity index (χ3n) is 5.75. The van der Waals surface area contributed by atoms with E-state index in [0.29, 0.717) is 60.3 Å². The fraction of sp³-hybridized carbons (Fsp3) is 0.409. The van der Waals surface area contributed by atoms with Gasteiger partial charge in [-0.3, -0.25) is 4.79 Å². The molecule has 0 spiro atoms. The molecule has 2 aliphatic rings. The third kappa shape index (κ3) is 3.98. The number of rotatable bonds is 5. The van der Waals surface area contributed by atoms with E-state index < -0.39 is 5.82 Å². The van der Waals surface area contributed by atoms with E-state index in [1.807, 2.05) is 0 Å². The van der Waals surface area contributed by atoms with Gasteiger partial charge in [0.2, 0.25) is 5.95 Å². The smallest absolute Gasteiger partial charge is 0.257 e. The molecule has 1 aromatic carbocycles. The molecule has 3 heterocycles. The van der Waals surface area contributed by atoms with Crippen molar-refractivity contribution in [1.82, 2.24) is 19.9 Å². The second-order valence-electron chi connectivity index (χ2n) is 7.98. The molecular weight excluding hydrogens is 437 g/mol. The Morgan fingerprint density at radius 1 is 1.31 bits per heavy atom. The van der Waals surface area contributed by atoms with Crippen LogP contribution in [0.5, 0.6) is 5.75 Å². The molecule has 32 heavy (non-hydrogen) atoms. The highest BCUT2D eigenvalue weighted by atomic mass is 35.5. The van der Waals surface area contributed by atoms with Gasteiger partial charge in [0.15, 0.2) is 0 Å². The molecule has 1 aliphatic carbocycles. The number of aromatic nitrogens is 3. The van der Waals surface area contributed by atoms with Crippen LogP contribution in [-0.2, 0) is 4.74 Å². The van der Waals surface area contributed by atoms with Crippen molar-refractivity contribution in [2.75, 3.05) is 38.7 Å². The van der Waals surface area contributed by atoms with E-state index in [9.17, 15) is 4.79 Å². The highest BCUT2D eigenvalue weighted by Crippen LogP contribution is 2.44. The van der Waals surface area contributed by atoms with E-state index in [0.717, 1.165) is 30.3 Å². The molecule has 10 heteroatoms. The second-order valence-corrected chi connectivity index (χ2v) is 8.39. The van der Waals surface area contributed by atoms with Crippen LogP contribution >= 0.6 is 11.6 Å².